The van der Waals surface area contributed by atoms with Gasteiger partial charge in [0, 0.05) is 40.8 Å². The van der Waals surface area contributed by atoms with Crippen LogP contribution in [0.3, 0.4) is 0 Å². The molecule has 0 aliphatic carbocycles. The molecule has 0 fully saturated rings. The molecular formula is C9H18F6KN2O3P. The Labute approximate surface area is 167 Å². The van der Waals surface area contributed by atoms with Crippen molar-refractivity contribution in [1.29, 1.82) is 0 Å². The van der Waals surface area contributed by atoms with Gasteiger partial charge in [-0.1, -0.05) is 0 Å². The number of hydrogen-bond acceptors (Lipinski definition) is 5. The summed E-state index contributed by atoms with van der Waals surface area (Å²) in [7, 11) is -3.82. The second kappa shape index (κ2) is 8.30. The Balaban J connectivity index is 0. The fourth-order valence-corrected chi connectivity index (χ4v) is 1.45. The average molecular weight is 386 g/mol. The van der Waals surface area contributed by atoms with E-state index in [-0.39, 0.29) is 63.9 Å². The van der Waals surface area contributed by atoms with Crippen LogP contribution in [0.25, 0.3) is 0 Å². The standard InChI is InChI=1S/C9H18N2O3.F6P.K/c1-10-5-6-11(7-10)8(12-2)9(13-3)14-4;1-7(2,3,4,5)6;/h5-6,8-9H,7H2,1-4H3;;/q;-1;+1. The summed E-state index contributed by atoms with van der Waals surface area (Å²) in [5, 5.41) is 0. The van der Waals surface area contributed by atoms with Gasteiger partial charge in [0.15, 0.2) is 6.23 Å². The third kappa shape index (κ3) is 14.5. The number of halogens is 6. The normalized spacial score (nSPS) is 19.0. The average Bonchev–Trinajstić information content (AvgIpc) is 2.68. The molecule has 0 bridgehead atoms. The molecule has 0 saturated carbocycles. The first kappa shape index (κ1) is 25.1. The van der Waals surface area contributed by atoms with Crippen LogP contribution in [0.1, 0.15) is 0 Å². The Morgan fingerprint density at radius 1 is 0.909 bits per heavy atom. The smallest absolute Gasteiger partial charge is 1.00 e. The minimum Gasteiger partial charge on any atom is 1.00 e. The zero-order valence-corrected chi connectivity index (χ0v) is 16.9. The van der Waals surface area contributed by atoms with Crippen LogP contribution in [0, 0.1) is 0 Å². The molecule has 0 aromatic heterocycles. The maximum Gasteiger partial charge on any atom is 1.00 e. The molecule has 0 saturated heterocycles. The van der Waals surface area contributed by atoms with E-state index in [2.05, 4.69) is 4.90 Å². The molecule has 1 aliphatic heterocycles. The quantitative estimate of drug-likeness (QED) is 0.300. The van der Waals surface area contributed by atoms with Crippen molar-refractivity contribution in [1.82, 2.24) is 9.80 Å². The van der Waals surface area contributed by atoms with Crippen LogP contribution < -0.4 is 51.4 Å². The first-order valence-corrected chi connectivity index (χ1v) is 7.50. The molecule has 22 heavy (non-hydrogen) atoms. The molecule has 0 N–H and O–H groups in total. The Hall–Kier alpha value is 0.866. The Morgan fingerprint density at radius 2 is 1.32 bits per heavy atom. The van der Waals surface area contributed by atoms with Crippen molar-refractivity contribution >= 4 is 7.81 Å². The van der Waals surface area contributed by atoms with Crippen LogP contribution in [-0.2, 0) is 14.2 Å². The number of methoxy groups -OCH3 is 3. The van der Waals surface area contributed by atoms with E-state index < -0.39 is 7.81 Å². The van der Waals surface area contributed by atoms with E-state index in [1.807, 2.05) is 24.3 Å². The molecule has 0 aromatic carbocycles. The van der Waals surface area contributed by atoms with Gasteiger partial charge in [0.2, 0.25) is 6.29 Å². The summed E-state index contributed by atoms with van der Waals surface area (Å²) in [6, 6.07) is 0. The molecule has 1 atom stereocenters. The van der Waals surface area contributed by atoms with E-state index in [0.29, 0.717) is 0 Å². The molecule has 13 heteroatoms. The summed E-state index contributed by atoms with van der Waals surface area (Å²) >= 11 is 0. The number of hydrogen-bond donors (Lipinski definition) is 0. The molecule has 0 spiro atoms. The van der Waals surface area contributed by atoms with Gasteiger partial charge in [-0.15, -0.1) is 0 Å². The Bertz CT molecular complexity index is 353. The van der Waals surface area contributed by atoms with E-state index in [4.69, 9.17) is 14.2 Å². The molecule has 0 amide bonds. The van der Waals surface area contributed by atoms with Crippen molar-refractivity contribution in [3.63, 3.8) is 0 Å². The van der Waals surface area contributed by atoms with Gasteiger partial charge in [0.05, 0.1) is 6.67 Å². The molecule has 0 radical (unpaired) electrons. The van der Waals surface area contributed by atoms with Crippen LogP contribution in [0.5, 0.6) is 0 Å². The first-order chi connectivity index (χ1) is 9.17. The molecule has 5 nitrogen and oxygen atoms in total. The maximum absolute atomic E-state index is 10.7. The van der Waals surface area contributed by atoms with Crippen molar-refractivity contribution in [2.75, 3.05) is 35.0 Å². The van der Waals surface area contributed by atoms with Crippen LogP contribution in [0.15, 0.2) is 12.4 Å². The van der Waals surface area contributed by atoms with Gasteiger partial charge < -0.3 is 24.0 Å². The SMILES string of the molecule is COC(OC)C(OC)N1C=CN(C)C1.F[P-](F)(F)(F)(F)F.[K+]. The summed E-state index contributed by atoms with van der Waals surface area (Å²) in [4.78, 5) is 4.06. The van der Waals surface area contributed by atoms with Crippen molar-refractivity contribution in [3.8, 4) is 0 Å². The van der Waals surface area contributed by atoms with Gasteiger partial charge in [-0.3, -0.25) is 0 Å². The van der Waals surface area contributed by atoms with Crippen LogP contribution in [-0.4, -0.2) is 57.4 Å². The van der Waals surface area contributed by atoms with E-state index >= 15 is 0 Å². The van der Waals surface area contributed by atoms with E-state index in [0.717, 1.165) is 6.67 Å². The second-order valence-electron chi connectivity index (χ2n) is 4.14. The Morgan fingerprint density at radius 3 is 1.55 bits per heavy atom. The number of rotatable bonds is 5. The fraction of sp³-hybridized carbons (Fsp3) is 0.778. The van der Waals surface area contributed by atoms with Gasteiger partial charge in [0.25, 0.3) is 0 Å². The van der Waals surface area contributed by atoms with Gasteiger partial charge in [-0.05, 0) is 0 Å². The van der Waals surface area contributed by atoms with Crippen molar-refractivity contribution in [2.24, 2.45) is 0 Å². The maximum atomic E-state index is 9.87. The zero-order valence-electron chi connectivity index (χ0n) is 12.9. The monoisotopic (exact) mass is 386 g/mol. The van der Waals surface area contributed by atoms with Crippen LogP contribution in [0.2, 0.25) is 0 Å². The summed E-state index contributed by atoms with van der Waals surface area (Å²) in [5.74, 6) is 0. The van der Waals surface area contributed by atoms with Crippen molar-refractivity contribution in [3.05, 3.63) is 12.4 Å². The molecule has 1 rings (SSSR count). The molecular weight excluding hydrogens is 368 g/mol. The molecule has 0 aromatic rings. The van der Waals surface area contributed by atoms with E-state index in [1.165, 1.54) is 0 Å². The number of ether oxygens (including phenoxy) is 3. The minimum atomic E-state index is -10.7. The summed E-state index contributed by atoms with van der Waals surface area (Å²) in [6.45, 7) is 0.779. The fourth-order valence-electron chi connectivity index (χ4n) is 1.45. The molecule has 1 aliphatic rings. The molecule has 1 heterocycles. The van der Waals surface area contributed by atoms with E-state index in [1.54, 1.807) is 21.3 Å². The predicted octanol–water partition coefficient (Wildman–Crippen LogP) is 0.640. The summed E-state index contributed by atoms with van der Waals surface area (Å²) in [5.41, 5.74) is 0. The summed E-state index contributed by atoms with van der Waals surface area (Å²) in [6.07, 6.45) is 3.34. The summed E-state index contributed by atoms with van der Waals surface area (Å²) < 4.78 is 74.8. The van der Waals surface area contributed by atoms with Gasteiger partial charge in [-0.25, -0.2) is 0 Å². The number of nitrogens with zero attached hydrogens (tertiary/aromatic N) is 2. The van der Waals surface area contributed by atoms with Crippen molar-refractivity contribution in [2.45, 2.75) is 12.5 Å². The Kier molecular flexibility index (Phi) is 9.47. The third-order valence-electron chi connectivity index (χ3n) is 2.16. The molecule has 1 unspecified atom stereocenters. The zero-order chi connectivity index (χ0) is 17.0. The second-order valence-corrected chi connectivity index (χ2v) is 6.05. The largest absolute Gasteiger partial charge is 1.00 e. The predicted molar refractivity (Wildman–Crippen MR) is 65.8 cm³/mol. The topological polar surface area (TPSA) is 34.2 Å². The molecule has 130 valence electrons. The van der Waals surface area contributed by atoms with Crippen LogP contribution >= 0.6 is 7.81 Å². The van der Waals surface area contributed by atoms with E-state index in [9.17, 15) is 25.2 Å². The third-order valence-corrected chi connectivity index (χ3v) is 2.16. The van der Waals surface area contributed by atoms with Gasteiger partial charge in [0.1, 0.15) is 0 Å². The van der Waals surface area contributed by atoms with Crippen LogP contribution in [0.4, 0.5) is 25.2 Å². The van der Waals surface area contributed by atoms with Crippen molar-refractivity contribution < 1.29 is 90.8 Å². The minimum absolute atomic E-state index is 0. The first-order valence-electron chi connectivity index (χ1n) is 5.47. The van der Waals surface area contributed by atoms with Gasteiger partial charge >= 0.3 is 84.4 Å². The van der Waals surface area contributed by atoms with Gasteiger partial charge in [-0.2, -0.15) is 0 Å².